The van der Waals surface area contributed by atoms with Crippen LogP contribution in [0.1, 0.15) is 6.92 Å². The number of nitrogens with one attached hydrogen (secondary N) is 1. The lowest BCUT2D eigenvalue weighted by molar-refractivity contribution is -0.384. The normalized spacial score (nSPS) is 17.9. The fourth-order valence-corrected chi connectivity index (χ4v) is 2.18. The summed E-state index contributed by atoms with van der Waals surface area (Å²) in [6.45, 7) is 6.57. The van der Waals surface area contributed by atoms with Gasteiger partial charge in [-0.2, -0.15) is 0 Å². The highest BCUT2D eigenvalue weighted by molar-refractivity contribution is 5.49. The van der Waals surface area contributed by atoms with E-state index in [0.29, 0.717) is 6.04 Å². The van der Waals surface area contributed by atoms with Crippen LogP contribution in [0.15, 0.2) is 24.3 Å². The maximum atomic E-state index is 10.6. The van der Waals surface area contributed by atoms with E-state index in [0.717, 1.165) is 38.5 Å². The van der Waals surface area contributed by atoms with Crippen molar-refractivity contribution in [2.24, 2.45) is 0 Å². The molecule has 0 aromatic heterocycles. The molecule has 6 nitrogen and oxygen atoms in total. The van der Waals surface area contributed by atoms with Crippen LogP contribution in [-0.2, 0) is 4.74 Å². The predicted octanol–water partition coefficient (Wildman–Crippen LogP) is 1.73. The van der Waals surface area contributed by atoms with Crippen LogP contribution in [0.5, 0.6) is 0 Å². The molecule has 0 spiro atoms. The van der Waals surface area contributed by atoms with Gasteiger partial charge in [0.15, 0.2) is 0 Å². The Kier molecular flexibility index (Phi) is 4.70. The molecule has 0 bridgehead atoms. The van der Waals surface area contributed by atoms with Crippen LogP contribution in [0.4, 0.5) is 11.4 Å². The smallest absolute Gasteiger partial charge is 0.269 e. The van der Waals surface area contributed by atoms with Crippen LogP contribution < -0.4 is 5.32 Å². The van der Waals surface area contributed by atoms with E-state index in [-0.39, 0.29) is 10.6 Å². The molecule has 0 saturated carbocycles. The van der Waals surface area contributed by atoms with Crippen molar-refractivity contribution in [1.82, 2.24) is 4.90 Å². The number of ether oxygens (including phenoxy) is 1. The van der Waals surface area contributed by atoms with E-state index in [4.69, 9.17) is 4.74 Å². The molecule has 1 saturated heterocycles. The molecule has 1 unspecified atom stereocenters. The zero-order chi connectivity index (χ0) is 13.7. The Morgan fingerprint density at radius 1 is 1.37 bits per heavy atom. The topological polar surface area (TPSA) is 67.6 Å². The molecule has 0 aliphatic carbocycles. The van der Waals surface area contributed by atoms with E-state index < -0.39 is 0 Å². The van der Waals surface area contributed by atoms with Crippen molar-refractivity contribution in [3.8, 4) is 0 Å². The molecule has 6 heteroatoms. The molecule has 1 atom stereocenters. The first-order valence-electron chi connectivity index (χ1n) is 6.46. The van der Waals surface area contributed by atoms with Crippen molar-refractivity contribution >= 4 is 11.4 Å². The van der Waals surface area contributed by atoms with Gasteiger partial charge < -0.3 is 10.1 Å². The molecule has 19 heavy (non-hydrogen) atoms. The second-order valence-corrected chi connectivity index (χ2v) is 4.76. The van der Waals surface area contributed by atoms with Gasteiger partial charge in [-0.1, -0.05) is 0 Å². The maximum Gasteiger partial charge on any atom is 0.269 e. The fourth-order valence-electron chi connectivity index (χ4n) is 2.18. The van der Waals surface area contributed by atoms with Crippen molar-refractivity contribution < 1.29 is 9.66 Å². The minimum absolute atomic E-state index is 0.117. The first-order valence-corrected chi connectivity index (χ1v) is 6.46. The number of hydrogen-bond acceptors (Lipinski definition) is 5. The second-order valence-electron chi connectivity index (χ2n) is 4.76. The molecule has 1 N–H and O–H groups in total. The summed E-state index contributed by atoms with van der Waals surface area (Å²) in [5, 5.41) is 13.9. The van der Waals surface area contributed by atoms with E-state index in [1.165, 1.54) is 12.1 Å². The quantitative estimate of drug-likeness (QED) is 0.648. The summed E-state index contributed by atoms with van der Waals surface area (Å²) < 4.78 is 5.31. The molecule has 1 fully saturated rings. The van der Waals surface area contributed by atoms with E-state index >= 15 is 0 Å². The highest BCUT2D eigenvalue weighted by atomic mass is 16.6. The van der Waals surface area contributed by atoms with Crippen LogP contribution in [0.2, 0.25) is 0 Å². The summed E-state index contributed by atoms with van der Waals surface area (Å²) in [6, 6.07) is 6.81. The van der Waals surface area contributed by atoms with Gasteiger partial charge in [-0.25, -0.2) is 0 Å². The number of rotatable bonds is 5. The van der Waals surface area contributed by atoms with E-state index in [2.05, 4.69) is 17.1 Å². The minimum atomic E-state index is -0.388. The molecule has 0 amide bonds. The molecular weight excluding hydrogens is 246 g/mol. The van der Waals surface area contributed by atoms with Gasteiger partial charge in [-0.15, -0.1) is 0 Å². The third kappa shape index (κ3) is 4.18. The van der Waals surface area contributed by atoms with Crippen molar-refractivity contribution in [2.45, 2.75) is 13.0 Å². The van der Waals surface area contributed by atoms with Gasteiger partial charge in [0, 0.05) is 43.5 Å². The van der Waals surface area contributed by atoms with Gasteiger partial charge in [0.25, 0.3) is 5.69 Å². The summed E-state index contributed by atoms with van der Waals surface area (Å²) in [4.78, 5) is 12.5. The monoisotopic (exact) mass is 265 g/mol. The molecule has 1 heterocycles. The molecule has 2 rings (SSSR count). The first-order chi connectivity index (χ1) is 9.15. The Balaban J connectivity index is 1.83. The molecule has 1 aliphatic rings. The molecule has 0 radical (unpaired) electrons. The largest absolute Gasteiger partial charge is 0.381 e. The highest BCUT2D eigenvalue weighted by Crippen LogP contribution is 2.16. The average molecular weight is 265 g/mol. The minimum Gasteiger partial charge on any atom is -0.381 e. The number of nitro benzene ring substituents is 1. The predicted molar refractivity (Wildman–Crippen MR) is 73.4 cm³/mol. The summed E-state index contributed by atoms with van der Waals surface area (Å²) >= 11 is 0. The lowest BCUT2D eigenvalue weighted by atomic mass is 10.2. The van der Waals surface area contributed by atoms with Gasteiger partial charge in [0.05, 0.1) is 18.1 Å². The lowest BCUT2D eigenvalue weighted by Gasteiger charge is -2.29. The number of nitro groups is 1. The Morgan fingerprint density at radius 3 is 2.58 bits per heavy atom. The first kappa shape index (κ1) is 13.8. The summed E-state index contributed by atoms with van der Waals surface area (Å²) in [7, 11) is 0. The van der Waals surface area contributed by atoms with Gasteiger partial charge in [0.1, 0.15) is 0 Å². The van der Waals surface area contributed by atoms with E-state index in [9.17, 15) is 10.1 Å². The average Bonchev–Trinajstić information content (AvgIpc) is 2.40. The Labute approximate surface area is 112 Å². The number of hydrogen-bond donors (Lipinski definition) is 1. The van der Waals surface area contributed by atoms with Crippen molar-refractivity contribution in [3.05, 3.63) is 34.4 Å². The number of nitrogens with zero attached hydrogens (tertiary/aromatic N) is 2. The maximum absolute atomic E-state index is 10.6. The SMILES string of the molecule is CC(CN1CCOCC1)Nc1ccc([N+](=O)[O-])cc1. The van der Waals surface area contributed by atoms with Crippen molar-refractivity contribution in [2.75, 3.05) is 38.2 Å². The third-order valence-corrected chi connectivity index (χ3v) is 3.13. The van der Waals surface area contributed by atoms with Crippen LogP contribution >= 0.6 is 0 Å². The van der Waals surface area contributed by atoms with Gasteiger partial charge in [-0.3, -0.25) is 15.0 Å². The number of benzene rings is 1. The third-order valence-electron chi connectivity index (χ3n) is 3.13. The van der Waals surface area contributed by atoms with Crippen molar-refractivity contribution in [3.63, 3.8) is 0 Å². The lowest BCUT2D eigenvalue weighted by Crippen LogP contribution is -2.42. The summed E-state index contributed by atoms with van der Waals surface area (Å²) in [6.07, 6.45) is 0. The second kappa shape index (κ2) is 6.49. The van der Waals surface area contributed by atoms with Crippen molar-refractivity contribution in [1.29, 1.82) is 0 Å². The number of non-ortho nitro benzene ring substituents is 1. The molecule has 104 valence electrons. The zero-order valence-electron chi connectivity index (χ0n) is 11.0. The Hall–Kier alpha value is -1.66. The molecule has 1 aromatic carbocycles. The van der Waals surface area contributed by atoms with Crippen LogP contribution in [0.25, 0.3) is 0 Å². The van der Waals surface area contributed by atoms with Gasteiger partial charge in [0.2, 0.25) is 0 Å². The standard InChI is InChI=1S/C13H19N3O3/c1-11(10-15-6-8-19-9-7-15)14-12-2-4-13(5-3-12)16(17)18/h2-5,11,14H,6-10H2,1H3. The molecule has 1 aromatic rings. The van der Waals surface area contributed by atoms with Gasteiger partial charge >= 0.3 is 0 Å². The Bertz CT molecular complexity index is 416. The van der Waals surface area contributed by atoms with E-state index in [1.54, 1.807) is 12.1 Å². The highest BCUT2D eigenvalue weighted by Gasteiger charge is 2.13. The Morgan fingerprint density at radius 2 is 2.00 bits per heavy atom. The fraction of sp³-hybridized carbons (Fsp3) is 0.538. The summed E-state index contributed by atoms with van der Waals surface area (Å²) in [5.74, 6) is 0. The number of morpholine rings is 1. The molecule has 1 aliphatic heterocycles. The van der Waals surface area contributed by atoms with Crippen LogP contribution in [0, 0.1) is 10.1 Å². The van der Waals surface area contributed by atoms with Crippen LogP contribution in [0.3, 0.4) is 0 Å². The van der Waals surface area contributed by atoms with Crippen LogP contribution in [-0.4, -0.2) is 48.7 Å². The number of anilines is 1. The molecular formula is C13H19N3O3. The summed E-state index contributed by atoms with van der Waals surface area (Å²) in [5.41, 5.74) is 1.03. The van der Waals surface area contributed by atoms with Gasteiger partial charge in [-0.05, 0) is 19.1 Å². The zero-order valence-corrected chi connectivity index (χ0v) is 11.0. The van der Waals surface area contributed by atoms with E-state index in [1.807, 2.05) is 0 Å².